The van der Waals surface area contributed by atoms with Gasteiger partial charge in [0.15, 0.2) is 0 Å². The van der Waals surface area contributed by atoms with E-state index in [0.717, 1.165) is 21.3 Å². The van der Waals surface area contributed by atoms with E-state index in [9.17, 15) is 4.79 Å². The average molecular weight is 395 g/mol. The van der Waals surface area contributed by atoms with Gasteiger partial charge in [-0.2, -0.15) is 0 Å². The predicted molar refractivity (Wildman–Crippen MR) is 96.1 cm³/mol. The fourth-order valence-electron chi connectivity index (χ4n) is 3.00. The minimum Gasteiger partial charge on any atom is -0.464 e. The van der Waals surface area contributed by atoms with Gasteiger partial charge in [-0.25, -0.2) is 4.79 Å². The third kappa shape index (κ3) is 3.54. The van der Waals surface area contributed by atoms with E-state index in [1.807, 2.05) is 37.3 Å². The number of halogens is 2. The van der Waals surface area contributed by atoms with Crippen molar-refractivity contribution < 1.29 is 9.53 Å². The summed E-state index contributed by atoms with van der Waals surface area (Å²) in [6.07, 6.45) is 0.641. The highest BCUT2D eigenvalue weighted by Crippen LogP contribution is 2.40. The molecule has 0 fully saturated rings. The molecule has 0 amide bonds. The van der Waals surface area contributed by atoms with E-state index in [0.29, 0.717) is 18.1 Å². The Labute approximate surface area is 149 Å². The molecule has 0 saturated carbocycles. The fourth-order valence-corrected chi connectivity index (χ4v) is 3.60. The Kier molecular flexibility index (Phi) is 4.93. The van der Waals surface area contributed by atoms with Crippen molar-refractivity contribution in [1.29, 1.82) is 0 Å². The Balaban J connectivity index is 2.02. The molecule has 5 heteroatoms. The molecule has 1 aliphatic heterocycles. The van der Waals surface area contributed by atoms with E-state index in [4.69, 9.17) is 16.3 Å². The van der Waals surface area contributed by atoms with Crippen molar-refractivity contribution in [3.63, 3.8) is 0 Å². The second kappa shape index (κ2) is 6.93. The van der Waals surface area contributed by atoms with Crippen molar-refractivity contribution in [1.82, 2.24) is 0 Å². The zero-order chi connectivity index (χ0) is 16.4. The lowest BCUT2D eigenvalue weighted by molar-refractivity contribution is -0.144. The van der Waals surface area contributed by atoms with Crippen LogP contribution in [0.5, 0.6) is 0 Å². The lowest BCUT2D eigenvalue weighted by Crippen LogP contribution is -2.36. The molecule has 23 heavy (non-hydrogen) atoms. The fraction of sp³-hybridized carbons (Fsp3) is 0.278. The van der Waals surface area contributed by atoms with Gasteiger partial charge in [0, 0.05) is 21.1 Å². The summed E-state index contributed by atoms with van der Waals surface area (Å²) in [5.41, 5.74) is 3.19. The van der Waals surface area contributed by atoms with Crippen LogP contribution in [0.1, 0.15) is 30.4 Å². The number of fused-ring (bicyclic) bond motifs is 1. The molecule has 1 aliphatic rings. The standard InChI is InChI=1S/C18H17BrClNO2/c1-2-23-18(22)17-10-14(11-4-3-5-12(19)8-11)15-9-13(20)6-7-16(15)21-17/h3-9,14,17,21H,2,10H2,1H3. The van der Waals surface area contributed by atoms with Gasteiger partial charge in [0.25, 0.3) is 0 Å². The maximum atomic E-state index is 12.2. The van der Waals surface area contributed by atoms with Crippen LogP contribution in [0.3, 0.4) is 0 Å². The third-order valence-corrected chi connectivity index (χ3v) is 4.74. The van der Waals surface area contributed by atoms with Crippen molar-refractivity contribution in [2.24, 2.45) is 0 Å². The first-order valence-corrected chi connectivity index (χ1v) is 8.73. The molecule has 0 aliphatic carbocycles. The molecule has 2 aromatic carbocycles. The van der Waals surface area contributed by atoms with Crippen molar-refractivity contribution in [2.75, 3.05) is 11.9 Å². The van der Waals surface area contributed by atoms with E-state index in [2.05, 4.69) is 33.4 Å². The smallest absolute Gasteiger partial charge is 0.328 e. The van der Waals surface area contributed by atoms with Gasteiger partial charge in [-0.3, -0.25) is 0 Å². The summed E-state index contributed by atoms with van der Waals surface area (Å²) in [4.78, 5) is 12.2. The molecule has 3 nitrogen and oxygen atoms in total. The van der Waals surface area contributed by atoms with Gasteiger partial charge >= 0.3 is 5.97 Å². The van der Waals surface area contributed by atoms with Gasteiger partial charge in [0.2, 0.25) is 0 Å². The Bertz CT molecular complexity index is 735. The molecule has 0 bridgehead atoms. The van der Waals surface area contributed by atoms with Crippen LogP contribution in [0.25, 0.3) is 0 Å². The molecule has 1 heterocycles. The van der Waals surface area contributed by atoms with Gasteiger partial charge in [-0.05, 0) is 54.8 Å². The van der Waals surface area contributed by atoms with Crippen molar-refractivity contribution in [3.05, 3.63) is 63.1 Å². The largest absolute Gasteiger partial charge is 0.464 e. The number of anilines is 1. The molecule has 0 spiro atoms. The highest BCUT2D eigenvalue weighted by atomic mass is 79.9. The SMILES string of the molecule is CCOC(=O)C1CC(c2cccc(Br)c2)c2cc(Cl)ccc2N1. The minimum absolute atomic E-state index is 0.0943. The summed E-state index contributed by atoms with van der Waals surface area (Å²) in [6, 6.07) is 13.5. The number of hydrogen-bond donors (Lipinski definition) is 1. The van der Waals surface area contributed by atoms with Crippen molar-refractivity contribution >= 4 is 39.2 Å². The predicted octanol–water partition coefficient (Wildman–Crippen LogP) is 4.98. The van der Waals surface area contributed by atoms with Gasteiger partial charge in [-0.15, -0.1) is 0 Å². The molecular weight excluding hydrogens is 378 g/mol. The third-order valence-electron chi connectivity index (χ3n) is 4.01. The van der Waals surface area contributed by atoms with Gasteiger partial charge in [-0.1, -0.05) is 39.7 Å². The maximum Gasteiger partial charge on any atom is 0.328 e. The first kappa shape index (κ1) is 16.3. The van der Waals surface area contributed by atoms with Crippen LogP contribution < -0.4 is 5.32 Å². The van der Waals surface area contributed by atoms with Crippen LogP contribution in [0.4, 0.5) is 5.69 Å². The lowest BCUT2D eigenvalue weighted by Gasteiger charge is -2.32. The topological polar surface area (TPSA) is 38.3 Å². The molecule has 1 N–H and O–H groups in total. The van der Waals surface area contributed by atoms with Crippen LogP contribution in [-0.4, -0.2) is 18.6 Å². The lowest BCUT2D eigenvalue weighted by atomic mass is 9.82. The summed E-state index contributed by atoms with van der Waals surface area (Å²) in [7, 11) is 0. The molecule has 2 atom stereocenters. The van der Waals surface area contributed by atoms with E-state index in [-0.39, 0.29) is 17.9 Å². The number of rotatable bonds is 3. The summed E-state index contributed by atoms with van der Waals surface area (Å²) >= 11 is 9.70. The van der Waals surface area contributed by atoms with E-state index >= 15 is 0 Å². The molecule has 3 rings (SSSR count). The van der Waals surface area contributed by atoms with E-state index < -0.39 is 0 Å². The van der Waals surface area contributed by atoms with Crippen LogP contribution >= 0.6 is 27.5 Å². The Morgan fingerprint density at radius 2 is 2.17 bits per heavy atom. The number of hydrogen-bond acceptors (Lipinski definition) is 3. The van der Waals surface area contributed by atoms with E-state index in [1.54, 1.807) is 0 Å². The highest BCUT2D eigenvalue weighted by molar-refractivity contribution is 9.10. The Morgan fingerprint density at radius 1 is 1.35 bits per heavy atom. The molecule has 0 aromatic heterocycles. The van der Waals surface area contributed by atoms with Crippen LogP contribution in [-0.2, 0) is 9.53 Å². The summed E-state index contributed by atoms with van der Waals surface area (Å²) in [6.45, 7) is 2.20. The summed E-state index contributed by atoms with van der Waals surface area (Å²) < 4.78 is 6.21. The normalized spacial score (nSPS) is 19.6. The van der Waals surface area contributed by atoms with Crippen LogP contribution in [0, 0.1) is 0 Å². The molecule has 2 unspecified atom stereocenters. The van der Waals surface area contributed by atoms with Gasteiger partial charge in [0.1, 0.15) is 6.04 Å². The number of carbonyl (C=O) groups excluding carboxylic acids is 1. The number of carbonyl (C=O) groups is 1. The molecule has 120 valence electrons. The highest BCUT2D eigenvalue weighted by Gasteiger charge is 2.32. The van der Waals surface area contributed by atoms with Gasteiger partial charge < -0.3 is 10.1 Å². The first-order valence-electron chi connectivity index (χ1n) is 7.56. The number of ether oxygens (including phenoxy) is 1. The molecule has 0 saturated heterocycles. The molecule has 2 aromatic rings. The van der Waals surface area contributed by atoms with Crippen LogP contribution in [0.2, 0.25) is 5.02 Å². The average Bonchev–Trinajstić information content (AvgIpc) is 2.54. The number of esters is 1. The minimum atomic E-state index is -0.354. The molecular formula is C18H17BrClNO2. The molecule has 0 radical (unpaired) electrons. The van der Waals surface area contributed by atoms with Gasteiger partial charge in [0.05, 0.1) is 6.61 Å². The quantitative estimate of drug-likeness (QED) is 0.746. The maximum absolute atomic E-state index is 12.2. The summed E-state index contributed by atoms with van der Waals surface area (Å²) in [5.74, 6) is -0.120. The zero-order valence-corrected chi connectivity index (χ0v) is 15.0. The van der Waals surface area contributed by atoms with Crippen molar-refractivity contribution in [2.45, 2.75) is 25.3 Å². The first-order chi connectivity index (χ1) is 11.1. The van der Waals surface area contributed by atoms with Crippen molar-refractivity contribution in [3.8, 4) is 0 Å². The Hall–Kier alpha value is -1.52. The zero-order valence-electron chi connectivity index (χ0n) is 12.7. The Morgan fingerprint density at radius 3 is 2.91 bits per heavy atom. The van der Waals surface area contributed by atoms with Crippen LogP contribution in [0.15, 0.2) is 46.9 Å². The number of benzene rings is 2. The number of nitrogens with one attached hydrogen (secondary N) is 1. The van der Waals surface area contributed by atoms with E-state index in [1.165, 1.54) is 0 Å². The second-order valence-corrected chi connectivity index (χ2v) is 6.88. The monoisotopic (exact) mass is 393 g/mol. The summed E-state index contributed by atoms with van der Waals surface area (Å²) in [5, 5.41) is 3.97. The second-order valence-electron chi connectivity index (χ2n) is 5.52.